The van der Waals surface area contributed by atoms with Gasteiger partial charge >= 0.3 is 0 Å². The molecule has 1 N–H and O–H groups in total. The minimum Gasteiger partial charge on any atom is -0.396 e. The van der Waals surface area contributed by atoms with E-state index in [1.165, 1.54) is 4.68 Å². The molecule has 4 rings (SSSR count). The number of aromatic nitrogens is 3. The van der Waals surface area contributed by atoms with Crippen molar-refractivity contribution in [1.29, 1.82) is 0 Å². The molecule has 1 aliphatic heterocycles. The van der Waals surface area contributed by atoms with Gasteiger partial charge in [0.2, 0.25) is 5.91 Å². The Morgan fingerprint density at radius 1 is 1.46 bits per heavy atom. The maximum atomic E-state index is 12.9. The molecule has 0 spiro atoms. The third-order valence-electron chi connectivity index (χ3n) is 5.09. The first-order valence-electron chi connectivity index (χ1n) is 8.99. The lowest BCUT2D eigenvalue weighted by molar-refractivity contribution is -0.134. The molecule has 0 aromatic carbocycles. The van der Waals surface area contributed by atoms with Crippen molar-refractivity contribution in [3.05, 3.63) is 33.7 Å². The molecular formula is C18H22N4O3S. The molecule has 26 heavy (non-hydrogen) atoms. The number of hydrogen-bond donors (Lipinski definition) is 1. The van der Waals surface area contributed by atoms with Gasteiger partial charge < -0.3 is 10.0 Å². The Morgan fingerprint density at radius 2 is 2.31 bits per heavy atom. The summed E-state index contributed by atoms with van der Waals surface area (Å²) >= 11 is 1.58. The van der Waals surface area contributed by atoms with E-state index in [-0.39, 0.29) is 30.5 Å². The summed E-state index contributed by atoms with van der Waals surface area (Å²) in [6.07, 6.45) is 2.49. The van der Waals surface area contributed by atoms with E-state index in [9.17, 15) is 14.7 Å². The lowest BCUT2D eigenvalue weighted by Crippen LogP contribution is -2.44. The van der Waals surface area contributed by atoms with Crippen molar-refractivity contribution in [2.45, 2.75) is 32.7 Å². The predicted molar refractivity (Wildman–Crippen MR) is 101 cm³/mol. The third kappa shape index (κ3) is 2.83. The number of aliphatic hydroxyl groups is 1. The number of likely N-dealkylation sites (tertiary alicyclic amines) is 1. The van der Waals surface area contributed by atoms with Crippen LogP contribution < -0.4 is 5.56 Å². The summed E-state index contributed by atoms with van der Waals surface area (Å²) in [5, 5.41) is 16.8. The van der Waals surface area contributed by atoms with E-state index in [1.54, 1.807) is 16.2 Å². The van der Waals surface area contributed by atoms with E-state index in [2.05, 4.69) is 5.10 Å². The van der Waals surface area contributed by atoms with E-state index in [0.717, 1.165) is 28.9 Å². The van der Waals surface area contributed by atoms with Gasteiger partial charge in [-0.2, -0.15) is 5.10 Å². The van der Waals surface area contributed by atoms with Crippen molar-refractivity contribution in [1.82, 2.24) is 19.1 Å². The molecule has 1 aliphatic rings. The highest BCUT2D eigenvalue weighted by Gasteiger charge is 2.24. The Kier molecular flexibility index (Phi) is 4.54. The average Bonchev–Trinajstić information content (AvgIpc) is 3.25. The quantitative estimate of drug-likeness (QED) is 0.751. The molecule has 1 amide bonds. The highest BCUT2D eigenvalue weighted by atomic mass is 32.1. The number of carbonyl (C=O) groups excluding carboxylic acids is 1. The first-order chi connectivity index (χ1) is 12.6. The fourth-order valence-electron chi connectivity index (χ4n) is 3.70. The Balaban J connectivity index is 1.69. The van der Waals surface area contributed by atoms with Crippen molar-refractivity contribution in [3.8, 4) is 0 Å². The van der Waals surface area contributed by atoms with Crippen LogP contribution in [-0.4, -0.2) is 49.8 Å². The molecule has 3 aromatic heterocycles. The molecule has 0 saturated carbocycles. The zero-order chi connectivity index (χ0) is 18.3. The zero-order valence-electron chi connectivity index (χ0n) is 14.7. The van der Waals surface area contributed by atoms with Gasteiger partial charge in [0.1, 0.15) is 22.7 Å². The second kappa shape index (κ2) is 6.85. The van der Waals surface area contributed by atoms with Crippen LogP contribution in [0, 0.1) is 5.92 Å². The number of rotatable bonds is 4. The number of aliphatic hydroxyl groups excluding tert-OH is 1. The molecule has 0 radical (unpaired) electrons. The van der Waals surface area contributed by atoms with Crippen LogP contribution in [0.5, 0.6) is 0 Å². The Labute approximate surface area is 154 Å². The Morgan fingerprint density at radius 3 is 3.08 bits per heavy atom. The normalized spacial score (nSPS) is 18.1. The molecule has 0 unspecified atom stereocenters. The topological polar surface area (TPSA) is 79.8 Å². The number of hydrogen-bond acceptors (Lipinski definition) is 5. The predicted octanol–water partition coefficient (Wildman–Crippen LogP) is 1.50. The molecule has 138 valence electrons. The summed E-state index contributed by atoms with van der Waals surface area (Å²) in [4.78, 5) is 28.3. The van der Waals surface area contributed by atoms with Crippen LogP contribution in [0.25, 0.3) is 15.7 Å². The summed E-state index contributed by atoms with van der Waals surface area (Å²) in [6.45, 7) is 3.25. The highest BCUT2D eigenvalue weighted by molar-refractivity contribution is 7.16. The van der Waals surface area contributed by atoms with Crippen LogP contribution in [0.15, 0.2) is 22.3 Å². The van der Waals surface area contributed by atoms with E-state index in [1.807, 2.05) is 28.8 Å². The van der Waals surface area contributed by atoms with E-state index in [4.69, 9.17) is 0 Å². The molecule has 0 bridgehead atoms. The van der Waals surface area contributed by atoms with Gasteiger partial charge in [-0.05, 0) is 36.3 Å². The first kappa shape index (κ1) is 17.2. The lowest BCUT2D eigenvalue weighted by Gasteiger charge is -2.31. The van der Waals surface area contributed by atoms with Crippen LogP contribution in [0.2, 0.25) is 0 Å². The minimum atomic E-state index is -0.241. The largest absolute Gasteiger partial charge is 0.396 e. The monoisotopic (exact) mass is 374 g/mol. The molecule has 4 heterocycles. The SMILES string of the molecule is CCc1nn(CC(=O)N2CCC[C@H](CO)C2)c(=O)c2cc3ccsc3n12. The van der Waals surface area contributed by atoms with Crippen molar-refractivity contribution in [2.24, 2.45) is 5.92 Å². The second-order valence-corrected chi connectivity index (χ2v) is 7.70. The van der Waals surface area contributed by atoms with Gasteiger partial charge in [0, 0.05) is 31.5 Å². The average molecular weight is 374 g/mol. The van der Waals surface area contributed by atoms with Gasteiger partial charge in [0.05, 0.1) is 0 Å². The molecule has 1 atom stereocenters. The van der Waals surface area contributed by atoms with Gasteiger partial charge in [-0.15, -0.1) is 11.3 Å². The summed E-state index contributed by atoms with van der Waals surface area (Å²) < 4.78 is 3.20. The van der Waals surface area contributed by atoms with E-state index < -0.39 is 0 Å². The smallest absolute Gasteiger partial charge is 0.291 e. The minimum absolute atomic E-state index is 0.0562. The third-order valence-corrected chi connectivity index (χ3v) is 6.00. The van der Waals surface area contributed by atoms with Crippen LogP contribution in [0.3, 0.4) is 0 Å². The number of piperidine rings is 1. The molecule has 1 saturated heterocycles. The number of amides is 1. The molecule has 3 aromatic rings. The highest BCUT2D eigenvalue weighted by Crippen LogP contribution is 2.24. The second-order valence-electron chi connectivity index (χ2n) is 6.81. The van der Waals surface area contributed by atoms with Crippen LogP contribution in [0.4, 0.5) is 0 Å². The fourth-order valence-corrected chi connectivity index (χ4v) is 4.62. The number of aryl methyl sites for hydroxylation is 1. The van der Waals surface area contributed by atoms with Gasteiger partial charge in [-0.25, -0.2) is 4.68 Å². The van der Waals surface area contributed by atoms with Gasteiger partial charge in [-0.3, -0.25) is 14.0 Å². The zero-order valence-corrected chi connectivity index (χ0v) is 15.5. The number of fused-ring (bicyclic) bond motifs is 3. The number of carbonyl (C=O) groups is 1. The Bertz CT molecular complexity index is 1020. The lowest BCUT2D eigenvalue weighted by atomic mass is 9.99. The summed E-state index contributed by atoms with van der Waals surface area (Å²) in [7, 11) is 0. The molecule has 8 heteroatoms. The van der Waals surface area contributed by atoms with Crippen LogP contribution >= 0.6 is 11.3 Å². The van der Waals surface area contributed by atoms with Gasteiger partial charge in [-0.1, -0.05) is 6.92 Å². The maximum Gasteiger partial charge on any atom is 0.291 e. The molecule has 1 fully saturated rings. The summed E-state index contributed by atoms with van der Waals surface area (Å²) in [6, 6.07) is 3.86. The fraction of sp³-hybridized carbons (Fsp3) is 0.500. The summed E-state index contributed by atoms with van der Waals surface area (Å²) in [5.41, 5.74) is 0.327. The van der Waals surface area contributed by atoms with Crippen LogP contribution in [-0.2, 0) is 17.8 Å². The first-order valence-corrected chi connectivity index (χ1v) is 9.87. The Hall–Kier alpha value is -2.19. The van der Waals surface area contributed by atoms with Crippen molar-refractivity contribution in [3.63, 3.8) is 0 Å². The van der Waals surface area contributed by atoms with Gasteiger partial charge in [0.25, 0.3) is 5.56 Å². The molecule has 7 nitrogen and oxygen atoms in total. The summed E-state index contributed by atoms with van der Waals surface area (Å²) in [5.74, 6) is 0.790. The van der Waals surface area contributed by atoms with Gasteiger partial charge in [0.15, 0.2) is 0 Å². The molecular weight excluding hydrogens is 352 g/mol. The maximum absolute atomic E-state index is 12.9. The van der Waals surface area contributed by atoms with Crippen molar-refractivity contribution in [2.75, 3.05) is 19.7 Å². The van der Waals surface area contributed by atoms with Crippen molar-refractivity contribution >= 4 is 33.0 Å². The number of thiophene rings is 1. The van der Waals surface area contributed by atoms with Crippen molar-refractivity contribution < 1.29 is 9.90 Å². The van der Waals surface area contributed by atoms with Crippen LogP contribution in [0.1, 0.15) is 25.6 Å². The number of nitrogens with zero attached hydrogens (tertiary/aromatic N) is 4. The standard InChI is InChI=1S/C18H22N4O3S/c1-2-15-19-21(10-16(24)20-6-3-4-12(9-20)11-23)17(25)14-8-13-5-7-26-18(13)22(14)15/h5,7-8,12,23H,2-4,6,9-11H2,1H3/t12-/m0/s1. The molecule has 0 aliphatic carbocycles. The van der Waals surface area contributed by atoms with E-state index >= 15 is 0 Å². The van der Waals surface area contributed by atoms with E-state index in [0.29, 0.717) is 25.0 Å².